The van der Waals surface area contributed by atoms with Crippen molar-refractivity contribution in [3.05, 3.63) is 42.0 Å². The molecule has 18 heavy (non-hydrogen) atoms. The number of anilines is 1. The van der Waals surface area contributed by atoms with Crippen molar-refractivity contribution >= 4 is 16.5 Å². The molecule has 3 heteroatoms. The maximum atomic E-state index is 9.15. The van der Waals surface area contributed by atoms with Crippen molar-refractivity contribution in [2.24, 2.45) is 0 Å². The fraction of sp³-hybridized carbons (Fsp3) is 0.267. The summed E-state index contributed by atoms with van der Waals surface area (Å²) in [7, 11) is 0. The molecule has 1 fully saturated rings. The molecule has 0 amide bonds. The molecule has 0 spiro atoms. The Kier molecular flexibility index (Phi) is 2.87. The summed E-state index contributed by atoms with van der Waals surface area (Å²) in [4.78, 5) is 2.33. The van der Waals surface area contributed by atoms with Crippen LogP contribution in [0.5, 0.6) is 0 Å². The van der Waals surface area contributed by atoms with Crippen molar-refractivity contribution < 1.29 is 4.74 Å². The third-order valence-corrected chi connectivity index (χ3v) is 3.37. The van der Waals surface area contributed by atoms with Crippen molar-refractivity contribution in [2.45, 2.75) is 0 Å². The monoisotopic (exact) mass is 238 g/mol. The first-order valence-electron chi connectivity index (χ1n) is 6.15. The van der Waals surface area contributed by atoms with Crippen molar-refractivity contribution in [1.29, 1.82) is 5.26 Å². The molecule has 0 aromatic heterocycles. The van der Waals surface area contributed by atoms with Gasteiger partial charge in [0.05, 0.1) is 24.8 Å². The zero-order valence-corrected chi connectivity index (χ0v) is 10.1. The van der Waals surface area contributed by atoms with Crippen LogP contribution < -0.4 is 4.90 Å². The van der Waals surface area contributed by atoms with E-state index in [2.05, 4.69) is 17.0 Å². The van der Waals surface area contributed by atoms with Crippen LogP contribution in [0.4, 0.5) is 5.69 Å². The van der Waals surface area contributed by atoms with Crippen LogP contribution in [-0.4, -0.2) is 26.3 Å². The van der Waals surface area contributed by atoms with E-state index in [4.69, 9.17) is 10.00 Å². The molecule has 0 N–H and O–H groups in total. The minimum absolute atomic E-state index is 0.739. The molecule has 1 aliphatic rings. The van der Waals surface area contributed by atoms with E-state index in [0.29, 0.717) is 0 Å². The predicted molar refractivity (Wildman–Crippen MR) is 71.7 cm³/mol. The maximum absolute atomic E-state index is 9.15. The van der Waals surface area contributed by atoms with Gasteiger partial charge in [-0.05, 0) is 12.1 Å². The third kappa shape index (κ3) is 1.81. The molecule has 2 aromatic rings. The summed E-state index contributed by atoms with van der Waals surface area (Å²) in [5.74, 6) is 0. The van der Waals surface area contributed by atoms with Crippen molar-refractivity contribution in [1.82, 2.24) is 0 Å². The van der Waals surface area contributed by atoms with Crippen LogP contribution >= 0.6 is 0 Å². The van der Waals surface area contributed by atoms with Crippen LogP contribution in [0.2, 0.25) is 0 Å². The molecule has 3 nitrogen and oxygen atoms in total. The van der Waals surface area contributed by atoms with Crippen LogP contribution in [0.1, 0.15) is 5.56 Å². The summed E-state index contributed by atoms with van der Waals surface area (Å²) in [5, 5.41) is 11.3. The molecule has 1 aliphatic heterocycles. The maximum Gasteiger partial charge on any atom is 0.0998 e. The minimum Gasteiger partial charge on any atom is -0.378 e. The summed E-state index contributed by atoms with van der Waals surface area (Å²) >= 11 is 0. The van der Waals surface area contributed by atoms with E-state index in [-0.39, 0.29) is 0 Å². The second kappa shape index (κ2) is 4.67. The number of hydrogen-bond acceptors (Lipinski definition) is 3. The minimum atomic E-state index is 0.739. The Labute approximate surface area is 106 Å². The number of fused-ring (bicyclic) bond motifs is 1. The van der Waals surface area contributed by atoms with Crippen LogP contribution in [0.15, 0.2) is 36.4 Å². The van der Waals surface area contributed by atoms with Gasteiger partial charge in [0.15, 0.2) is 0 Å². The van der Waals surface area contributed by atoms with Gasteiger partial charge in [-0.15, -0.1) is 0 Å². The Morgan fingerprint density at radius 3 is 2.44 bits per heavy atom. The Morgan fingerprint density at radius 1 is 1.00 bits per heavy atom. The molecular formula is C15H14N2O. The van der Waals surface area contributed by atoms with Crippen molar-refractivity contribution in [3.8, 4) is 6.07 Å². The highest BCUT2D eigenvalue weighted by atomic mass is 16.5. The van der Waals surface area contributed by atoms with Crippen LogP contribution in [0.3, 0.4) is 0 Å². The lowest BCUT2D eigenvalue weighted by Crippen LogP contribution is -2.36. The number of morpholine rings is 1. The number of benzene rings is 2. The smallest absolute Gasteiger partial charge is 0.0998 e. The molecule has 2 aromatic carbocycles. The fourth-order valence-corrected chi connectivity index (χ4v) is 2.46. The number of rotatable bonds is 1. The first kappa shape index (κ1) is 11.1. The van der Waals surface area contributed by atoms with Gasteiger partial charge >= 0.3 is 0 Å². The molecule has 0 bridgehead atoms. The summed E-state index contributed by atoms with van der Waals surface area (Å²) in [6.07, 6.45) is 0. The van der Waals surface area contributed by atoms with E-state index in [0.717, 1.165) is 42.6 Å². The molecule has 0 unspecified atom stereocenters. The molecular weight excluding hydrogens is 224 g/mol. The second-order valence-corrected chi connectivity index (χ2v) is 4.39. The lowest BCUT2D eigenvalue weighted by atomic mass is 10.0. The quantitative estimate of drug-likeness (QED) is 0.766. The van der Waals surface area contributed by atoms with Gasteiger partial charge in [0, 0.05) is 29.5 Å². The van der Waals surface area contributed by atoms with Crippen molar-refractivity contribution in [3.63, 3.8) is 0 Å². The van der Waals surface area contributed by atoms with E-state index >= 15 is 0 Å². The normalized spacial score (nSPS) is 15.6. The lowest BCUT2D eigenvalue weighted by Gasteiger charge is -2.30. The molecule has 90 valence electrons. The number of nitrogens with zero attached hydrogens (tertiary/aromatic N) is 2. The molecule has 0 radical (unpaired) electrons. The molecule has 1 saturated heterocycles. The zero-order valence-electron chi connectivity index (χ0n) is 10.1. The molecule has 0 saturated carbocycles. The Hall–Kier alpha value is -2.05. The highest BCUT2D eigenvalue weighted by Crippen LogP contribution is 2.29. The molecule has 3 rings (SSSR count). The molecule has 1 heterocycles. The average molecular weight is 238 g/mol. The predicted octanol–water partition coefficient (Wildman–Crippen LogP) is 2.55. The topological polar surface area (TPSA) is 36.3 Å². The van der Waals surface area contributed by atoms with E-state index in [1.807, 2.05) is 30.3 Å². The van der Waals surface area contributed by atoms with Crippen molar-refractivity contribution in [2.75, 3.05) is 31.2 Å². The Balaban J connectivity index is 2.15. The lowest BCUT2D eigenvalue weighted by molar-refractivity contribution is 0.123. The third-order valence-electron chi connectivity index (χ3n) is 3.37. The van der Waals surface area contributed by atoms with Gasteiger partial charge in [-0.1, -0.05) is 24.3 Å². The summed E-state index contributed by atoms with van der Waals surface area (Å²) in [6.45, 7) is 3.37. The van der Waals surface area contributed by atoms with E-state index < -0.39 is 0 Å². The SMILES string of the molecule is N#Cc1ccc(N2CCOCC2)c2ccccc12. The summed E-state index contributed by atoms with van der Waals surface area (Å²) in [6, 6.07) is 14.3. The first-order chi connectivity index (χ1) is 8.90. The molecule has 0 aliphatic carbocycles. The van der Waals surface area contributed by atoms with Gasteiger partial charge in [0.1, 0.15) is 0 Å². The molecule has 0 atom stereocenters. The van der Waals surface area contributed by atoms with Gasteiger partial charge in [0.2, 0.25) is 0 Å². The average Bonchev–Trinajstić information content (AvgIpc) is 2.47. The highest BCUT2D eigenvalue weighted by molar-refractivity contribution is 5.97. The van der Waals surface area contributed by atoms with Crippen LogP contribution in [-0.2, 0) is 4.74 Å². The largest absolute Gasteiger partial charge is 0.378 e. The standard InChI is InChI=1S/C15H14N2O/c16-11-12-5-6-15(17-7-9-18-10-8-17)14-4-2-1-3-13(12)14/h1-6H,7-10H2. The number of hydrogen-bond donors (Lipinski definition) is 0. The van der Waals surface area contributed by atoms with E-state index in [9.17, 15) is 0 Å². The Bertz CT molecular complexity index is 609. The second-order valence-electron chi connectivity index (χ2n) is 4.39. The zero-order chi connectivity index (χ0) is 12.4. The fourth-order valence-electron chi connectivity index (χ4n) is 2.46. The number of nitriles is 1. The van der Waals surface area contributed by atoms with Crippen LogP contribution in [0, 0.1) is 11.3 Å². The highest BCUT2D eigenvalue weighted by Gasteiger charge is 2.14. The number of ether oxygens (including phenoxy) is 1. The summed E-state index contributed by atoms with van der Waals surface area (Å²) in [5.41, 5.74) is 1.94. The Morgan fingerprint density at radius 2 is 1.72 bits per heavy atom. The van der Waals surface area contributed by atoms with Gasteiger partial charge in [-0.25, -0.2) is 0 Å². The van der Waals surface area contributed by atoms with Crippen LogP contribution in [0.25, 0.3) is 10.8 Å². The summed E-state index contributed by atoms with van der Waals surface area (Å²) < 4.78 is 5.38. The first-order valence-corrected chi connectivity index (χ1v) is 6.15. The van der Waals surface area contributed by atoms with E-state index in [1.54, 1.807) is 0 Å². The van der Waals surface area contributed by atoms with Gasteiger partial charge in [0.25, 0.3) is 0 Å². The van der Waals surface area contributed by atoms with Gasteiger partial charge in [-0.3, -0.25) is 0 Å². The van der Waals surface area contributed by atoms with E-state index in [1.165, 1.54) is 5.69 Å². The van der Waals surface area contributed by atoms with Gasteiger partial charge < -0.3 is 9.64 Å². The van der Waals surface area contributed by atoms with Gasteiger partial charge in [-0.2, -0.15) is 5.26 Å².